The summed E-state index contributed by atoms with van der Waals surface area (Å²) < 4.78 is 69.0. The molecule has 2 rings (SSSR count). The van der Waals surface area contributed by atoms with Gasteiger partial charge in [-0.1, -0.05) is 112 Å². The van der Waals surface area contributed by atoms with Gasteiger partial charge in [-0.15, -0.1) is 0 Å². The van der Waals surface area contributed by atoms with E-state index >= 15 is 0 Å². The lowest BCUT2D eigenvalue weighted by Gasteiger charge is -2.34. The van der Waals surface area contributed by atoms with Gasteiger partial charge in [0, 0.05) is 38.0 Å². The Morgan fingerprint density at radius 3 is 0.874 bits per heavy atom. The third-order valence-electron chi connectivity index (χ3n) is 21.2. The molecule has 127 heavy (non-hydrogen) atoms. The average Bonchev–Trinajstić information content (AvgIpc) is 0.839. The highest BCUT2D eigenvalue weighted by Gasteiger charge is 2.38. The summed E-state index contributed by atoms with van der Waals surface area (Å²) >= 11 is 0. The highest BCUT2D eigenvalue weighted by Crippen LogP contribution is 2.32. The second kappa shape index (κ2) is 68.8. The summed E-state index contributed by atoms with van der Waals surface area (Å²) in [5.74, 6) is 1.11. The first-order valence-electron chi connectivity index (χ1n) is 43.6. The van der Waals surface area contributed by atoms with Gasteiger partial charge in [-0.25, -0.2) is 19.2 Å². The Kier molecular flexibility index (Phi) is 71.5. The van der Waals surface area contributed by atoms with Crippen molar-refractivity contribution in [3.8, 4) is 0 Å². The molecule has 740 valence electrons. The molecule has 1 aliphatic rings. The summed E-state index contributed by atoms with van der Waals surface area (Å²) in [6, 6.07) is 9.72. The minimum Gasteiger partial charge on any atom is -0.469 e. The Morgan fingerprint density at radius 2 is 0.622 bits per heavy atom. The molecule has 0 aliphatic heterocycles. The molecule has 1 aromatic carbocycles. The average molecular weight is 1820 g/mol. The number of carbonyl (C=O) groups excluding carboxylic acids is 12. The number of benzene rings is 1. The molecule has 0 bridgehead atoms. The standard InChI is InChI=1S/C17H28O5.2C13H22O5.C13H18O2.3C9H18O3.C7H14O2.C6H13NO2/c1-6-17(4,5)16(20)22-14-8-7-12(9-13(14)18)10-21-15(19)11(2)3;2*1-6-13(4,5)12(16)18-8-10(14)7-17-11(15)9(2)3;1-4-13(2,3)12(14)15-10-11-8-6-5-7-9-11;3*1-5-9(2,3)8(10)12-7-6-11-4;1-5-7(2,3)6(8)9-4;1-4-6(2,3)5(8)9-7/h12-14,18H,2,6-10H2,1,3-5H3;2*10,14H,2,6-8H2,1,3-5H3;5-9H,4,10H2,1-3H3;3*5-7H2,1-4H3;5H2,1-4H3;4,7H2,1-3H3. The minimum absolute atomic E-state index is 0.0902. The normalized spacial score (nSPS) is 14.1. The van der Waals surface area contributed by atoms with Crippen LogP contribution in [0.1, 0.15) is 290 Å². The van der Waals surface area contributed by atoms with Crippen LogP contribution in [0.5, 0.6) is 0 Å². The molecule has 5 atom stereocenters. The lowest BCUT2D eigenvalue weighted by molar-refractivity contribution is -0.170. The zero-order valence-corrected chi connectivity index (χ0v) is 84.3. The van der Waals surface area contributed by atoms with Crippen molar-refractivity contribution in [2.45, 2.75) is 316 Å². The SMILES string of the molecule is C=C(C)C(=O)OCC(O)COC(=O)C(C)(C)CC.C=C(C)C(=O)OCC(O)COC(=O)C(C)(C)CC.C=C(C)C(=O)OCC1CCC(OC(=O)C(C)(C)CC)C(O)C1.CCC(C)(C)C(=O)OC.CCC(C)(C)C(=O)OCCOC.CCC(C)(C)C(=O)OCCOC.CCC(C)(C)C(=O)OCCOC.CCC(C)(C)C(=O)OCc1ccccc1.CCC(C)(C)C(=O)ON. The maximum Gasteiger partial charge on any atom is 0.333 e. The number of hydrogen-bond acceptors (Lipinski definition) is 31. The van der Waals surface area contributed by atoms with E-state index < -0.39 is 64.0 Å². The van der Waals surface area contributed by atoms with Crippen molar-refractivity contribution >= 4 is 71.6 Å². The highest BCUT2D eigenvalue weighted by molar-refractivity contribution is 5.88. The van der Waals surface area contributed by atoms with Gasteiger partial charge in [-0.05, 0) is 234 Å². The number of aliphatic hydroxyl groups is 3. The van der Waals surface area contributed by atoms with E-state index in [-0.39, 0.29) is 131 Å². The Labute approximate surface area is 762 Å². The molecular weight excluding hydrogens is 1650 g/mol. The van der Waals surface area contributed by atoms with Crippen molar-refractivity contribution < 1.29 is 144 Å². The Balaban J connectivity index is -0.000000259. The summed E-state index contributed by atoms with van der Waals surface area (Å²) in [5, 5.41) is 29.1. The fourth-order valence-electron chi connectivity index (χ4n) is 7.42. The van der Waals surface area contributed by atoms with Crippen molar-refractivity contribution in [2.75, 3.05) is 101 Å². The van der Waals surface area contributed by atoms with Gasteiger partial charge in [-0.3, -0.25) is 38.4 Å². The molecule has 31 nitrogen and oxygen atoms in total. The van der Waals surface area contributed by atoms with Crippen LogP contribution < -0.4 is 5.90 Å². The predicted molar refractivity (Wildman–Crippen MR) is 488 cm³/mol. The number of aliphatic hydroxyl groups excluding tert-OH is 3. The summed E-state index contributed by atoms with van der Waals surface area (Å²) in [5.41, 5.74) is -2.01. The van der Waals surface area contributed by atoms with E-state index in [1.54, 1.807) is 69.8 Å². The van der Waals surface area contributed by atoms with E-state index in [0.717, 1.165) is 50.5 Å². The lowest BCUT2D eigenvalue weighted by Crippen LogP contribution is -2.41. The first kappa shape index (κ1) is 132. The molecule has 0 amide bonds. The van der Waals surface area contributed by atoms with Gasteiger partial charge in [0.1, 0.15) is 71.2 Å². The van der Waals surface area contributed by atoms with Crippen molar-refractivity contribution in [3.05, 3.63) is 72.4 Å². The number of ether oxygens (including phenoxy) is 14. The zero-order chi connectivity index (χ0) is 101. The number of methoxy groups -OCH3 is 4. The van der Waals surface area contributed by atoms with E-state index in [1.807, 2.05) is 176 Å². The topological polar surface area (TPSA) is 430 Å². The monoisotopic (exact) mass is 1820 g/mol. The molecule has 0 heterocycles. The van der Waals surface area contributed by atoms with E-state index in [0.29, 0.717) is 83.9 Å². The molecular formula is C96H171NO30. The van der Waals surface area contributed by atoms with Gasteiger partial charge < -0.3 is 86.5 Å². The minimum atomic E-state index is -1.02. The number of hydrogen-bond donors (Lipinski definition) is 4. The first-order valence-corrected chi connectivity index (χ1v) is 43.6. The third kappa shape index (κ3) is 62.6. The summed E-state index contributed by atoms with van der Waals surface area (Å²) in [6.45, 7) is 67.8. The smallest absolute Gasteiger partial charge is 0.333 e. The van der Waals surface area contributed by atoms with Crippen LogP contribution in [0.3, 0.4) is 0 Å². The van der Waals surface area contributed by atoms with Gasteiger partial charge in [-0.2, -0.15) is 5.90 Å². The van der Waals surface area contributed by atoms with Crippen LogP contribution in [0.4, 0.5) is 0 Å². The van der Waals surface area contributed by atoms with E-state index in [9.17, 15) is 72.9 Å². The number of carbonyl (C=O) groups is 12. The van der Waals surface area contributed by atoms with E-state index in [4.69, 9.17) is 61.6 Å². The van der Waals surface area contributed by atoms with E-state index in [1.165, 1.54) is 21.0 Å². The second-order valence-electron chi connectivity index (χ2n) is 36.3. The second-order valence-corrected chi connectivity index (χ2v) is 36.3. The van der Waals surface area contributed by atoms with Gasteiger partial charge in [0.25, 0.3) is 0 Å². The molecule has 0 radical (unpaired) electrons. The van der Waals surface area contributed by atoms with Crippen LogP contribution >= 0.6 is 0 Å². The summed E-state index contributed by atoms with van der Waals surface area (Å²) in [7, 11) is 6.16. The van der Waals surface area contributed by atoms with Crippen molar-refractivity contribution in [2.24, 2.45) is 60.5 Å². The van der Waals surface area contributed by atoms with Crippen molar-refractivity contribution in [1.82, 2.24) is 0 Å². The number of esters is 11. The van der Waals surface area contributed by atoms with Crippen LogP contribution in [0.2, 0.25) is 0 Å². The Bertz CT molecular complexity index is 3170. The third-order valence-corrected chi connectivity index (χ3v) is 21.2. The molecule has 31 heteroatoms. The molecule has 0 spiro atoms. The molecule has 0 aromatic heterocycles. The Morgan fingerprint density at radius 1 is 0.362 bits per heavy atom. The predicted octanol–water partition coefficient (Wildman–Crippen LogP) is 15.9. The zero-order valence-electron chi connectivity index (χ0n) is 84.3. The Hall–Kier alpha value is -8.20. The number of nitrogens with two attached hydrogens (primary N) is 1. The summed E-state index contributed by atoms with van der Waals surface area (Å²) in [4.78, 5) is 140. The fraction of sp³-hybridized carbons (Fsp3) is 0.750. The number of rotatable bonds is 43. The van der Waals surface area contributed by atoms with Gasteiger partial charge in [0.05, 0.1) is 88.4 Å². The largest absolute Gasteiger partial charge is 0.469 e. The summed E-state index contributed by atoms with van der Waals surface area (Å²) in [6.07, 6.45) is 5.29. The maximum atomic E-state index is 12.1. The van der Waals surface area contributed by atoms with Crippen LogP contribution in [0.15, 0.2) is 66.8 Å². The van der Waals surface area contributed by atoms with Crippen LogP contribution in [0, 0.1) is 54.7 Å². The highest BCUT2D eigenvalue weighted by atomic mass is 16.7. The fourth-order valence-corrected chi connectivity index (χ4v) is 7.42. The lowest BCUT2D eigenvalue weighted by atomic mass is 9.85. The quantitative estimate of drug-likeness (QED) is 0.0155. The molecule has 1 saturated carbocycles. The van der Waals surface area contributed by atoms with Gasteiger partial charge in [0.15, 0.2) is 0 Å². The van der Waals surface area contributed by atoms with Gasteiger partial charge >= 0.3 is 71.6 Å². The molecule has 1 fully saturated rings. The molecule has 5 unspecified atom stereocenters. The van der Waals surface area contributed by atoms with Crippen LogP contribution in [0.25, 0.3) is 0 Å². The van der Waals surface area contributed by atoms with Crippen molar-refractivity contribution in [3.63, 3.8) is 0 Å². The molecule has 1 aliphatic carbocycles. The first-order chi connectivity index (χ1) is 58.3. The van der Waals surface area contributed by atoms with Crippen molar-refractivity contribution in [1.29, 1.82) is 0 Å². The molecule has 1 aromatic rings. The molecule has 0 saturated heterocycles. The van der Waals surface area contributed by atoms with Crippen LogP contribution in [-0.2, 0) is 135 Å². The molecule has 5 N–H and O–H groups in total. The maximum absolute atomic E-state index is 12.1. The van der Waals surface area contributed by atoms with E-state index in [2.05, 4.69) is 35.2 Å². The van der Waals surface area contributed by atoms with Gasteiger partial charge in [0.2, 0.25) is 0 Å². The van der Waals surface area contributed by atoms with Crippen LogP contribution in [-0.4, -0.2) is 212 Å².